The molecule has 0 aromatic heterocycles. The molecule has 0 aliphatic carbocycles. The smallest absolute Gasteiger partial charge is 0.255 e. The Kier molecular flexibility index (Phi) is 5.30. The van der Waals surface area contributed by atoms with Crippen LogP contribution in [0.3, 0.4) is 0 Å². The van der Waals surface area contributed by atoms with Crippen molar-refractivity contribution in [3.8, 4) is 0 Å². The van der Waals surface area contributed by atoms with Crippen molar-refractivity contribution in [3.05, 3.63) is 28.8 Å². The number of hydrogen-bond donors (Lipinski definition) is 1. The van der Waals surface area contributed by atoms with E-state index in [2.05, 4.69) is 6.92 Å². The van der Waals surface area contributed by atoms with Crippen LogP contribution in [0.1, 0.15) is 49.4 Å². The van der Waals surface area contributed by atoms with Crippen LogP contribution >= 0.6 is 11.6 Å². The molecular formula is C16H23ClN2O. The summed E-state index contributed by atoms with van der Waals surface area (Å²) in [6.07, 6.45) is 5.89. The summed E-state index contributed by atoms with van der Waals surface area (Å²) in [6.45, 7) is 3.88. The minimum atomic E-state index is 0.0159. The van der Waals surface area contributed by atoms with Crippen molar-refractivity contribution in [2.45, 2.75) is 39.0 Å². The lowest BCUT2D eigenvalue weighted by molar-refractivity contribution is 0.0761. The molecule has 110 valence electrons. The minimum Gasteiger partial charge on any atom is -0.398 e. The maximum atomic E-state index is 12.6. The molecule has 20 heavy (non-hydrogen) atoms. The zero-order valence-corrected chi connectivity index (χ0v) is 12.8. The van der Waals surface area contributed by atoms with E-state index in [4.69, 9.17) is 17.3 Å². The molecule has 3 nitrogen and oxygen atoms in total. The Morgan fingerprint density at radius 3 is 2.95 bits per heavy atom. The van der Waals surface area contributed by atoms with E-state index < -0.39 is 0 Å². The first kappa shape index (κ1) is 15.2. The van der Waals surface area contributed by atoms with Gasteiger partial charge in [-0.15, -0.1) is 0 Å². The highest BCUT2D eigenvalue weighted by molar-refractivity contribution is 6.31. The van der Waals surface area contributed by atoms with Crippen molar-refractivity contribution in [1.82, 2.24) is 4.90 Å². The average molecular weight is 295 g/mol. The van der Waals surface area contributed by atoms with Crippen LogP contribution in [0.25, 0.3) is 0 Å². The van der Waals surface area contributed by atoms with Gasteiger partial charge < -0.3 is 10.6 Å². The van der Waals surface area contributed by atoms with E-state index >= 15 is 0 Å². The Balaban J connectivity index is 2.07. The molecule has 4 heteroatoms. The van der Waals surface area contributed by atoms with Crippen molar-refractivity contribution in [3.63, 3.8) is 0 Å². The van der Waals surface area contributed by atoms with Crippen LogP contribution in [0.4, 0.5) is 5.69 Å². The number of nitrogens with zero attached hydrogens (tertiary/aromatic N) is 1. The number of likely N-dealkylation sites (tertiary alicyclic amines) is 1. The van der Waals surface area contributed by atoms with Gasteiger partial charge in [-0.25, -0.2) is 0 Å². The van der Waals surface area contributed by atoms with Gasteiger partial charge in [0.1, 0.15) is 0 Å². The van der Waals surface area contributed by atoms with Gasteiger partial charge in [-0.2, -0.15) is 0 Å². The Morgan fingerprint density at radius 1 is 1.40 bits per heavy atom. The fraction of sp³-hybridized carbons (Fsp3) is 0.562. The van der Waals surface area contributed by atoms with Crippen LogP contribution in [-0.4, -0.2) is 23.9 Å². The number of rotatable bonds is 3. The van der Waals surface area contributed by atoms with Crippen LogP contribution in [0.5, 0.6) is 0 Å². The monoisotopic (exact) mass is 294 g/mol. The third-order valence-electron chi connectivity index (χ3n) is 4.08. The summed E-state index contributed by atoms with van der Waals surface area (Å²) in [5, 5.41) is 0.557. The first-order chi connectivity index (χ1) is 9.61. The van der Waals surface area contributed by atoms with Gasteiger partial charge in [0.15, 0.2) is 0 Å². The maximum absolute atomic E-state index is 12.6. The highest BCUT2D eigenvalue weighted by Gasteiger charge is 2.22. The third kappa shape index (κ3) is 3.66. The third-order valence-corrected chi connectivity index (χ3v) is 4.31. The number of benzene rings is 1. The average Bonchev–Trinajstić information content (AvgIpc) is 2.67. The minimum absolute atomic E-state index is 0.0159. The second-order valence-electron chi connectivity index (χ2n) is 5.61. The van der Waals surface area contributed by atoms with Crippen LogP contribution in [-0.2, 0) is 0 Å². The van der Waals surface area contributed by atoms with Crippen molar-refractivity contribution in [2.75, 3.05) is 18.8 Å². The largest absolute Gasteiger partial charge is 0.398 e. The van der Waals surface area contributed by atoms with E-state index in [1.807, 2.05) is 4.90 Å². The summed E-state index contributed by atoms with van der Waals surface area (Å²) >= 11 is 5.97. The number of carbonyl (C=O) groups excluding carboxylic acids is 1. The van der Waals surface area contributed by atoms with E-state index in [0.717, 1.165) is 31.8 Å². The second-order valence-corrected chi connectivity index (χ2v) is 6.05. The quantitative estimate of drug-likeness (QED) is 0.858. The molecule has 1 amide bonds. The molecule has 1 saturated heterocycles. The Morgan fingerprint density at radius 2 is 2.20 bits per heavy atom. The predicted octanol–water partition coefficient (Wildman–Crippen LogP) is 3.96. The van der Waals surface area contributed by atoms with E-state index in [0.29, 0.717) is 16.3 Å². The van der Waals surface area contributed by atoms with Crippen LogP contribution in [0.15, 0.2) is 18.2 Å². The molecule has 1 aromatic rings. The van der Waals surface area contributed by atoms with Gasteiger partial charge in [-0.3, -0.25) is 4.79 Å². The fourth-order valence-electron chi connectivity index (χ4n) is 2.95. The summed E-state index contributed by atoms with van der Waals surface area (Å²) in [6, 6.07) is 5.09. The first-order valence-electron chi connectivity index (χ1n) is 7.46. The van der Waals surface area contributed by atoms with Gasteiger partial charge in [0.25, 0.3) is 5.91 Å². The first-order valence-corrected chi connectivity index (χ1v) is 7.84. The molecule has 0 radical (unpaired) electrons. The zero-order valence-electron chi connectivity index (χ0n) is 12.1. The molecule has 0 spiro atoms. The standard InChI is InChI=1S/C16H23ClN2O/c1-2-4-12-5-3-9-19(10-8-12)16(20)14-11-13(17)6-7-15(14)18/h6-7,11-12H,2-5,8-10,18H2,1H3. The van der Waals surface area contributed by atoms with Crippen molar-refractivity contribution < 1.29 is 4.79 Å². The molecule has 1 aliphatic rings. The molecule has 2 rings (SSSR count). The Labute approximate surface area is 126 Å². The summed E-state index contributed by atoms with van der Waals surface area (Å²) in [5.74, 6) is 0.775. The van der Waals surface area contributed by atoms with Gasteiger partial charge >= 0.3 is 0 Å². The molecule has 1 fully saturated rings. The summed E-state index contributed by atoms with van der Waals surface area (Å²) in [4.78, 5) is 14.5. The van der Waals surface area contributed by atoms with Gasteiger partial charge in [-0.1, -0.05) is 31.4 Å². The normalized spacial score (nSPS) is 19.7. The predicted molar refractivity (Wildman–Crippen MR) is 84.0 cm³/mol. The second kappa shape index (κ2) is 6.98. The van der Waals surface area contributed by atoms with Crippen LogP contribution < -0.4 is 5.73 Å². The van der Waals surface area contributed by atoms with Gasteiger partial charge in [0.05, 0.1) is 5.56 Å². The molecule has 1 unspecified atom stereocenters. The highest BCUT2D eigenvalue weighted by Crippen LogP contribution is 2.25. The van der Waals surface area contributed by atoms with E-state index in [-0.39, 0.29) is 5.91 Å². The number of nitrogens with two attached hydrogens (primary N) is 1. The lowest BCUT2D eigenvalue weighted by Crippen LogP contribution is -2.32. The van der Waals surface area contributed by atoms with E-state index in [1.165, 1.54) is 19.3 Å². The van der Waals surface area contributed by atoms with Gasteiger partial charge in [-0.05, 0) is 43.4 Å². The van der Waals surface area contributed by atoms with Crippen LogP contribution in [0, 0.1) is 5.92 Å². The van der Waals surface area contributed by atoms with Crippen molar-refractivity contribution in [2.24, 2.45) is 5.92 Å². The topological polar surface area (TPSA) is 46.3 Å². The molecule has 1 aromatic carbocycles. The van der Waals surface area contributed by atoms with E-state index in [9.17, 15) is 4.79 Å². The number of carbonyl (C=O) groups is 1. The lowest BCUT2D eigenvalue weighted by Gasteiger charge is -2.21. The molecule has 1 aliphatic heterocycles. The zero-order chi connectivity index (χ0) is 14.5. The number of amides is 1. The SMILES string of the molecule is CCCC1CCCN(C(=O)c2cc(Cl)ccc2N)CC1. The molecule has 0 bridgehead atoms. The number of hydrogen-bond acceptors (Lipinski definition) is 2. The van der Waals surface area contributed by atoms with Crippen molar-refractivity contribution in [1.29, 1.82) is 0 Å². The lowest BCUT2D eigenvalue weighted by atomic mass is 9.96. The number of nitrogen functional groups attached to an aromatic ring is 1. The van der Waals surface area contributed by atoms with Gasteiger partial charge in [0, 0.05) is 23.8 Å². The van der Waals surface area contributed by atoms with Crippen LogP contribution in [0.2, 0.25) is 5.02 Å². The molecule has 0 saturated carbocycles. The molecular weight excluding hydrogens is 272 g/mol. The van der Waals surface area contributed by atoms with Gasteiger partial charge in [0.2, 0.25) is 0 Å². The number of anilines is 1. The fourth-order valence-corrected chi connectivity index (χ4v) is 3.12. The Bertz CT molecular complexity index is 476. The number of halogens is 1. The van der Waals surface area contributed by atoms with E-state index in [1.54, 1.807) is 18.2 Å². The summed E-state index contributed by atoms with van der Waals surface area (Å²) in [5.41, 5.74) is 6.95. The summed E-state index contributed by atoms with van der Waals surface area (Å²) < 4.78 is 0. The summed E-state index contributed by atoms with van der Waals surface area (Å²) in [7, 11) is 0. The molecule has 1 heterocycles. The maximum Gasteiger partial charge on any atom is 0.255 e. The van der Waals surface area contributed by atoms with Crippen molar-refractivity contribution >= 4 is 23.2 Å². The Hall–Kier alpha value is -1.22. The highest BCUT2D eigenvalue weighted by atomic mass is 35.5. The molecule has 2 N–H and O–H groups in total. The molecule has 1 atom stereocenters.